The van der Waals surface area contributed by atoms with Gasteiger partial charge in [-0.2, -0.15) is 4.37 Å². The van der Waals surface area contributed by atoms with E-state index in [1.54, 1.807) is 7.11 Å². The summed E-state index contributed by atoms with van der Waals surface area (Å²) < 4.78 is 14.8. The maximum absolute atomic E-state index is 5.75. The van der Waals surface area contributed by atoms with E-state index in [0.29, 0.717) is 17.5 Å². The molecule has 6 heteroatoms. The van der Waals surface area contributed by atoms with Crippen molar-refractivity contribution >= 4 is 22.4 Å². The van der Waals surface area contributed by atoms with Gasteiger partial charge < -0.3 is 20.1 Å². The molecule has 0 saturated carbocycles. The maximum Gasteiger partial charge on any atom is 0.197 e. The molecule has 0 aromatic carbocycles. The van der Waals surface area contributed by atoms with E-state index in [0.717, 1.165) is 37.6 Å². The van der Waals surface area contributed by atoms with Crippen LogP contribution in [0, 0.1) is 5.92 Å². The second-order valence-electron chi connectivity index (χ2n) is 4.34. The van der Waals surface area contributed by atoms with Gasteiger partial charge in [-0.15, -0.1) is 0 Å². The summed E-state index contributed by atoms with van der Waals surface area (Å²) in [6.45, 7) is 2.75. The zero-order valence-corrected chi connectivity index (χ0v) is 11.1. The first-order valence-corrected chi connectivity index (χ1v) is 6.57. The maximum atomic E-state index is 5.75. The fourth-order valence-electron chi connectivity index (χ4n) is 2.12. The minimum Gasteiger partial charge on any atom is -0.490 e. The van der Waals surface area contributed by atoms with E-state index in [9.17, 15) is 0 Å². The van der Waals surface area contributed by atoms with E-state index in [-0.39, 0.29) is 0 Å². The Morgan fingerprint density at radius 3 is 2.88 bits per heavy atom. The van der Waals surface area contributed by atoms with E-state index in [2.05, 4.69) is 16.3 Å². The molecule has 0 aliphatic carbocycles. The Balaban J connectivity index is 2.00. The highest BCUT2D eigenvalue weighted by Crippen LogP contribution is 2.37. The Bertz CT molecular complexity index is 364. The van der Waals surface area contributed by atoms with Crippen molar-refractivity contribution in [3.63, 3.8) is 0 Å². The number of hydrogen-bond donors (Lipinski definition) is 1. The minimum atomic E-state index is 0.478. The predicted octanol–water partition coefficient (Wildman–Crippen LogP) is 1.60. The first-order valence-electron chi connectivity index (χ1n) is 5.80. The van der Waals surface area contributed by atoms with Gasteiger partial charge in [0.2, 0.25) is 0 Å². The van der Waals surface area contributed by atoms with Crippen LogP contribution in [-0.2, 0) is 4.74 Å². The standard InChI is InChI=1S/C11H19N3O2S/c1-14(7-8-3-5-16-6-4-8)11-9(15-2)10(12)13-17-11/h8H,3-7H2,1-2H3,(H2,12,13). The van der Waals surface area contributed by atoms with Crippen LogP contribution in [-0.4, -0.2) is 38.3 Å². The molecule has 1 fully saturated rings. The molecular formula is C11H19N3O2S. The first-order chi connectivity index (χ1) is 8.22. The van der Waals surface area contributed by atoms with Crippen LogP contribution >= 0.6 is 11.5 Å². The van der Waals surface area contributed by atoms with Gasteiger partial charge in [-0.1, -0.05) is 0 Å². The number of anilines is 2. The number of nitrogens with zero attached hydrogens (tertiary/aromatic N) is 2. The SMILES string of the molecule is COc1c(N)nsc1N(C)CC1CCOCC1. The molecule has 2 rings (SSSR count). The molecule has 0 radical (unpaired) electrons. The lowest BCUT2D eigenvalue weighted by molar-refractivity contribution is 0.0685. The molecule has 0 unspecified atom stereocenters. The highest BCUT2D eigenvalue weighted by atomic mass is 32.1. The molecule has 1 aromatic heterocycles. The number of rotatable bonds is 4. The van der Waals surface area contributed by atoms with Gasteiger partial charge in [0.1, 0.15) is 0 Å². The van der Waals surface area contributed by atoms with Crippen molar-refractivity contribution in [3.05, 3.63) is 0 Å². The number of nitrogens with two attached hydrogens (primary N) is 1. The third kappa shape index (κ3) is 2.81. The van der Waals surface area contributed by atoms with Crippen LogP contribution in [0.5, 0.6) is 5.75 Å². The molecule has 1 aliphatic rings. The molecule has 5 nitrogen and oxygen atoms in total. The summed E-state index contributed by atoms with van der Waals surface area (Å²) in [5.74, 6) is 1.86. The summed E-state index contributed by atoms with van der Waals surface area (Å²) in [5.41, 5.74) is 5.75. The van der Waals surface area contributed by atoms with Gasteiger partial charge in [-0.3, -0.25) is 0 Å². The lowest BCUT2D eigenvalue weighted by Crippen LogP contribution is -2.29. The summed E-state index contributed by atoms with van der Waals surface area (Å²) >= 11 is 1.39. The van der Waals surface area contributed by atoms with Crippen LogP contribution in [0.25, 0.3) is 0 Å². The fraction of sp³-hybridized carbons (Fsp3) is 0.727. The van der Waals surface area contributed by atoms with Gasteiger partial charge in [0, 0.05) is 26.8 Å². The van der Waals surface area contributed by atoms with Gasteiger partial charge in [-0.05, 0) is 30.3 Å². The molecule has 96 valence electrons. The van der Waals surface area contributed by atoms with E-state index < -0.39 is 0 Å². The van der Waals surface area contributed by atoms with Crippen LogP contribution in [0.3, 0.4) is 0 Å². The van der Waals surface area contributed by atoms with Crippen molar-refractivity contribution in [1.82, 2.24) is 4.37 Å². The highest BCUT2D eigenvalue weighted by molar-refractivity contribution is 7.11. The Morgan fingerprint density at radius 1 is 1.53 bits per heavy atom. The summed E-state index contributed by atoms with van der Waals surface area (Å²) in [4.78, 5) is 2.18. The number of nitrogen functional groups attached to an aromatic ring is 1. The average molecular weight is 257 g/mol. The lowest BCUT2D eigenvalue weighted by Gasteiger charge is -2.27. The number of ether oxygens (including phenoxy) is 2. The summed E-state index contributed by atoms with van der Waals surface area (Å²) in [6.07, 6.45) is 2.25. The van der Waals surface area contributed by atoms with Gasteiger partial charge in [-0.25, -0.2) is 0 Å². The topological polar surface area (TPSA) is 60.6 Å². The van der Waals surface area contributed by atoms with Crippen molar-refractivity contribution in [2.45, 2.75) is 12.8 Å². The Labute approximate surface area is 106 Å². The summed E-state index contributed by atoms with van der Waals surface area (Å²) in [5, 5.41) is 1.01. The Kier molecular flexibility index (Phi) is 4.06. The monoisotopic (exact) mass is 257 g/mol. The summed E-state index contributed by atoms with van der Waals surface area (Å²) in [6, 6.07) is 0. The first kappa shape index (κ1) is 12.4. The van der Waals surface area contributed by atoms with E-state index in [1.165, 1.54) is 11.5 Å². The average Bonchev–Trinajstić information content (AvgIpc) is 2.71. The molecule has 0 bridgehead atoms. The lowest BCUT2D eigenvalue weighted by atomic mass is 10.00. The van der Waals surface area contributed by atoms with Crippen molar-refractivity contribution < 1.29 is 9.47 Å². The molecule has 1 aromatic rings. The molecule has 17 heavy (non-hydrogen) atoms. The van der Waals surface area contributed by atoms with Crippen molar-refractivity contribution in [1.29, 1.82) is 0 Å². The van der Waals surface area contributed by atoms with Gasteiger partial charge in [0.05, 0.1) is 7.11 Å². The van der Waals surface area contributed by atoms with Crippen LogP contribution < -0.4 is 15.4 Å². The molecule has 1 saturated heterocycles. The fourth-order valence-corrected chi connectivity index (χ4v) is 2.87. The van der Waals surface area contributed by atoms with Crippen LogP contribution in [0.4, 0.5) is 10.8 Å². The molecular weight excluding hydrogens is 238 g/mol. The number of aromatic nitrogens is 1. The molecule has 2 N–H and O–H groups in total. The molecule has 0 atom stereocenters. The summed E-state index contributed by atoms with van der Waals surface area (Å²) in [7, 11) is 3.69. The predicted molar refractivity (Wildman–Crippen MR) is 69.9 cm³/mol. The van der Waals surface area contributed by atoms with Gasteiger partial charge in [0.15, 0.2) is 16.6 Å². The second kappa shape index (κ2) is 5.55. The van der Waals surface area contributed by atoms with E-state index in [4.69, 9.17) is 15.2 Å². The zero-order valence-electron chi connectivity index (χ0n) is 10.3. The van der Waals surface area contributed by atoms with Gasteiger partial charge >= 0.3 is 0 Å². The third-order valence-electron chi connectivity index (χ3n) is 3.08. The molecule has 2 heterocycles. The Hall–Kier alpha value is -1.01. The normalized spacial score (nSPS) is 17.1. The molecule has 1 aliphatic heterocycles. The second-order valence-corrected chi connectivity index (χ2v) is 5.09. The van der Waals surface area contributed by atoms with Crippen molar-refractivity contribution in [3.8, 4) is 5.75 Å². The third-order valence-corrected chi connectivity index (χ3v) is 4.04. The molecule has 0 amide bonds. The van der Waals surface area contributed by atoms with Gasteiger partial charge in [0.25, 0.3) is 0 Å². The van der Waals surface area contributed by atoms with E-state index in [1.807, 2.05) is 0 Å². The van der Waals surface area contributed by atoms with Crippen LogP contribution in [0.2, 0.25) is 0 Å². The largest absolute Gasteiger partial charge is 0.490 e. The van der Waals surface area contributed by atoms with E-state index >= 15 is 0 Å². The van der Waals surface area contributed by atoms with Crippen LogP contribution in [0.1, 0.15) is 12.8 Å². The molecule has 0 spiro atoms. The number of methoxy groups -OCH3 is 1. The number of hydrogen-bond acceptors (Lipinski definition) is 6. The van der Waals surface area contributed by atoms with Crippen LogP contribution in [0.15, 0.2) is 0 Å². The van der Waals surface area contributed by atoms with Crippen molar-refractivity contribution in [2.24, 2.45) is 5.92 Å². The smallest absolute Gasteiger partial charge is 0.197 e. The zero-order chi connectivity index (χ0) is 12.3. The minimum absolute atomic E-state index is 0.478. The highest BCUT2D eigenvalue weighted by Gasteiger charge is 2.20. The van der Waals surface area contributed by atoms with Crippen molar-refractivity contribution in [2.75, 3.05) is 44.5 Å². The quantitative estimate of drug-likeness (QED) is 0.887. The Morgan fingerprint density at radius 2 is 2.24 bits per heavy atom.